The van der Waals surface area contributed by atoms with Gasteiger partial charge in [0, 0.05) is 10.9 Å². The molecule has 1 aromatic carbocycles. The Morgan fingerprint density at radius 1 is 1.53 bits per heavy atom. The molecule has 2 N–H and O–H groups in total. The number of carboxylic acids is 1. The minimum absolute atomic E-state index is 0.0491. The van der Waals surface area contributed by atoms with Crippen LogP contribution in [0.3, 0.4) is 0 Å². The molecule has 0 unspecified atom stereocenters. The summed E-state index contributed by atoms with van der Waals surface area (Å²) in [5.41, 5.74) is 0.484. The van der Waals surface area contributed by atoms with E-state index in [0.29, 0.717) is 10.9 Å². The number of halogens is 1. The number of fused-ring (bicyclic) bond motifs is 1. The zero-order valence-corrected chi connectivity index (χ0v) is 7.87. The van der Waals surface area contributed by atoms with Gasteiger partial charge < -0.3 is 14.8 Å². The monoisotopic (exact) mass is 209 g/mol. The average Bonchev–Trinajstić information content (AvgIpc) is 2.55. The SMILES string of the molecule is COc1[nH]c2ccc(F)cc2c1C(=O)O. The van der Waals surface area contributed by atoms with Crippen LogP contribution in [0.15, 0.2) is 18.2 Å². The molecule has 15 heavy (non-hydrogen) atoms. The van der Waals surface area contributed by atoms with E-state index in [1.165, 1.54) is 19.2 Å². The normalized spacial score (nSPS) is 10.5. The number of hydrogen-bond donors (Lipinski definition) is 2. The van der Waals surface area contributed by atoms with E-state index in [9.17, 15) is 9.18 Å². The number of methoxy groups -OCH3 is 1. The zero-order chi connectivity index (χ0) is 11.0. The Morgan fingerprint density at radius 2 is 2.27 bits per heavy atom. The average molecular weight is 209 g/mol. The smallest absolute Gasteiger partial charge is 0.341 e. The summed E-state index contributed by atoms with van der Waals surface area (Å²) in [5.74, 6) is -1.50. The number of aromatic carboxylic acids is 1. The molecule has 0 atom stereocenters. The molecule has 0 amide bonds. The second-order valence-electron chi connectivity index (χ2n) is 3.03. The van der Waals surface area contributed by atoms with Crippen molar-refractivity contribution in [1.82, 2.24) is 4.98 Å². The number of nitrogens with one attached hydrogen (secondary N) is 1. The Morgan fingerprint density at radius 3 is 2.87 bits per heavy atom. The first kappa shape index (κ1) is 9.51. The summed E-state index contributed by atoms with van der Waals surface area (Å²) < 4.78 is 17.8. The molecule has 0 bridgehead atoms. The van der Waals surface area contributed by atoms with Gasteiger partial charge in [-0.3, -0.25) is 0 Å². The first-order valence-corrected chi connectivity index (χ1v) is 4.22. The summed E-state index contributed by atoms with van der Waals surface area (Å²) in [6.45, 7) is 0. The standard InChI is InChI=1S/C10H8FNO3/c1-15-9-8(10(13)14)6-4-5(11)2-3-7(6)12-9/h2-4,12H,1H3,(H,13,14). The highest BCUT2D eigenvalue weighted by Gasteiger charge is 2.18. The molecule has 0 aliphatic carbocycles. The van der Waals surface area contributed by atoms with Gasteiger partial charge in [0.2, 0.25) is 5.88 Å². The Balaban J connectivity index is 2.82. The van der Waals surface area contributed by atoms with Crippen LogP contribution in [-0.2, 0) is 0 Å². The summed E-state index contributed by atoms with van der Waals surface area (Å²) in [6.07, 6.45) is 0. The highest BCUT2D eigenvalue weighted by Crippen LogP contribution is 2.28. The number of ether oxygens (including phenoxy) is 1. The summed E-state index contributed by atoms with van der Waals surface area (Å²) in [6, 6.07) is 3.89. The third-order valence-corrected chi connectivity index (χ3v) is 2.14. The summed E-state index contributed by atoms with van der Waals surface area (Å²) in [4.78, 5) is 13.7. The fraction of sp³-hybridized carbons (Fsp3) is 0.100. The second-order valence-corrected chi connectivity index (χ2v) is 3.03. The molecule has 1 heterocycles. The van der Waals surface area contributed by atoms with E-state index in [-0.39, 0.29) is 11.4 Å². The van der Waals surface area contributed by atoms with Gasteiger partial charge in [0.05, 0.1) is 7.11 Å². The maximum Gasteiger partial charge on any atom is 0.341 e. The van der Waals surface area contributed by atoms with Crippen molar-refractivity contribution in [3.63, 3.8) is 0 Å². The van der Waals surface area contributed by atoms with Crippen LogP contribution in [0, 0.1) is 5.82 Å². The van der Waals surface area contributed by atoms with Crippen LogP contribution in [0.5, 0.6) is 5.88 Å². The molecule has 0 saturated heterocycles. The van der Waals surface area contributed by atoms with E-state index in [4.69, 9.17) is 9.84 Å². The van der Waals surface area contributed by atoms with Gasteiger partial charge in [-0.25, -0.2) is 9.18 Å². The van der Waals surface area contributed by atoms with Gasteiger partial charge in [-0.1, -0.05) is 0 Å². The first-order valence-electron chi connectivity index (χ1n) is 4.22. The fourth-order valence-corrected chi connectivity index (χ4v) is 1.50. The summed E-state index contributed by atoms with van der Waals surface area (Å²) in [5, 5.41) is 9.26. The molecular formula is C10H8FNO3. The molecule has 0 aliphatic rings. The number of H-pyrrole nitrogens is 1. The summed E-state index contributed by atoms with van der Waals surface area (Å²) >= 11 is 0. The number of aromatic amines is 1. The lowest BCUT2D eigenvalue weighted by Gasteiger charge is -1.96. The maximum absolute atomic E-state index is 12.9. The highest BCUT2D eigenvalue weighted by molar-refractivity contribution is 6.05. The molecule has 0 fully saturated rings. The number of carboxylic acid groups (broad SMARTS) is 1. The number of benzene rings is 1. The van der Waals surface area contributed by atoms with Crippen molar-refractivity contribution in [2.45, 2.75) is 0 Å². The van der Waals surface area contributed by atoms with Crippen LogP contribution in [0.2, 0.25) is 0 Å². The Labute approximate surface area is 84.3 Å². The van der Waals surface area contributed by atoms with Crippen molar-refractivity contribution in [2.24, 2.45) is 0 Å². The third kappa shape index (κ3) is 1.41. The first-order chi connectivity index (χ1) is 7.13. The van der Waals surface area contributed by atoms with Crippen molar-refractivity contribution in [2.75, 3.05) is 7.11 Å². The van der Waals surface area contributed by atoms with Crippen molar-refractivity contribution >= 4 is 16.9 Å². The Bertz CT molecular complexity index is 533. The summed E-state index contributed by atoms with van der Waals surface area (Å²) in [7, 11) is 1.35. The number of aromatic nitrogens is 1. The Kier molecular flexibility index (Phi) is 2.07. The molecule has 1 aromatic heterocycles. The van der Waals surface area contributed by atoms with Crippen molar-refractivity contribution in [3.8, 4) is 5.88 Å². The van der Waals surface area contributed by atoms with E-state index in [2.05, 4.69) is 4.98 Å². The van der Waals surface area contributed by atoms with Crippen LogP contribution < -0.4 is 4.74 Å². The van der Waals surface area contributed by atoms with E-state index >= 15 is 0 Å². The van der Waals surface area contributed by atoms with Crippen molar-refractivity contribution < 1.29 is 19.0 Å². The molecule has 0 spiro atoms. The van der Waals surface area contributed by atoms with Crippen LogP contribution in [0.4, 0.5) is 4.39 Å². The van der Waals surface area contributed by atoms with Crippen LogP contribution in [-0.4, -0.2) is 23.2 Å². The van der Waals surface area contributed by atoms with Gasteiger partial charge in [0.25, 0.3) is 0 Å². The van der Waals surface area contributed by atoms with Crippen LogP contribution in [0.25, 0.3) is 10.9 Å². The number of carbonyl (C=O) groups is 1. The molecule has 4 nitrogen and oxygen atoms in total. The third-order valence-electron chi connectivity index (χ3n) is 2.14. The van der Waals surface area contributed by atoms with E-state index < -0.39 is 11.8 Å². The van der Waals surface area contributed by atoms with Crippen molar-refractivity contribution in [1.29, 1.82) is 0 Å². The molecule has 5 heteroatoms. The minimum Gasteiger partial charge on any atom is -0.482 e. The molecule has 2 rings (SSSR count). The highest BCUT2D eigenvalue weighted by atomic mass is 19.1. The topological polar surface area (TPSA) is 62.3 Å². The molecular weight excluding hydrogens is 201 g/mol. The predicted molar refractivity (Wildman–Crippen MR) is 51.8 cm³/mol. The second kappa shape index (κ2) is 3.27. The molecule has 78 valence electrons. The maximum atomic E-state index is 12.9. The van der Waals surface area contributed by atoms with Crippen molar-refractivity contribution in [3.05, 3.63) is 29.6 Å². The van der Waals surface area contributed by atoms with Crippen LogP contribution >= 0.6 is 0 Å². The quantitative estimate of drug-likeness (QED) is 0.795. The van der Waals surface area contributed by atoms with Gasteiger partial charge in [-0.2, -0.15) is 0 Å². The van der Waals surface area contributed by atoms with E-state index in [0.717, 1.165) is 6.07 Å². The largest absolute Gasteiger partial charge is 0.482 e. The molecule has 0 aliphatic heterocycles. The minimum atomic E-state index is -1.15. The molecule has 2 aromatic rings. The van der Waals surface area contributed by atoms with E-state index in [1.807, 2.05) is 0 Å². The lowest BCUT2D eigenvalue weighted by atomic mass is 10.1. The van der Waals surface area contributed by atoms with Gasteiger partial charge in [-0.05, 0) is 18.2 Å². The lowest BCUT2D eigenvalue weighted by Crippen LogP contribution is -1.98. The number of hydrogen-bond acceptors (Lipinski definition) is 2. The van der Waals surface area contributed by atoms with Crippen LogP contribution in [0.1, 0.15) is 10.4 Å². The van der Waals surface area contributed by atoms with Gasteiger partial charge in [0.1, 0.15) is 11.4 Å². The number of rotatable bonds is 2. The van der Waals surface area contributed by atoms with E-state index in [1.54, 1.807) is 0 Å². The zero-order valence-electron chi connectivity index (χ0n) is 7.87. The predicted octanol–water partition coefficient (Wildman–Crippen LogP) is 2.01. The van der Waals surface area contributed by atoms with Gasteiger partial charge in [0.15, 0.2) is 0 Å². The lowest BCUT2D eigenvalue weighted by molar-refractivity contribution is 0.0695. The van der Waals surface area contributed by atoms with Gasteiger partial charge in [-0.15, -0.1) is 0 Å². The Hall–Kier alpha value is -2.04. The molecule has 0 saturated carbocycles. The molecule has 0 radical (unpaired) electrons. The van der Waals surface area contributed by atoms with Gasteiger partial charge >= 0.3 is 5.97 Å². The fourth-order valence-electron chi connectivity index (χ4n) is 1.50.